The summed E-state index contributed by atoms with van der Waals surface area (Å²) in [5.41, 5.74) is 4.71. The Morgan fingerprint density at radius 3 is 2.91 bits per heavy atom. The van der Waals surface area contributed by atoms with Crippen LogP contribution in [-0.2, 0) is 11.8 Å². The van der Waals surface area contributed by atoms with Gasteiger partial charge in [0.15, 0.2) is 0 Å². The third-order valence-electron chi connectivity index (χ3n) is 4.44. The summed E-state index contributed by atoms with van der Waals surface area (Å²) >= 11 is 0. The van der Waals surface area contributed by atoms with Crippen molar-refractivity contribution in [3.05, 3.63) is 54.2 Å². The Kier molecular flexibility index (Phi) is 2.96. The van der Waals surface area contributed by atoms with Gasteiger partial charge in [0.2, 0.25) is 5.91 Å². The van der Waals surface area contributed by atoms with E-state index < -0.39 is 0 Å². The summed E-state index contributed by atoms with van der Waals surface area (Å²) in [6.45, 7) is 0.735. The second-order valence-corrected chi connectivity index (χ2v) is 5.84. The van der Waals surface area contributed by atoms with E-state index in [0.717, 1.165) is 17.4 Å². The molecule has 0 aliphatic carbocycles. The van der Waals surface area contributed by atoms with Crippen LogP contribution in [0.4, 0.5) is 0 Å². The Morgan fingerprint density at radius 2 is 2.09 bits per heavy atom. The van der Waals surface area contributed by atoms with Crippen LogP contribution in [0.25, 0.3) is 22.0 Å². The first kappa shape index (κ1) is 13.1. The summed E-state index contributed by atoms with van der Waals surface area (Å²) in [6.07, 6.45) is 2.50. The number of benzene rings is 2. The van der Waals surface area contributed by atoms with Crippen molar-refractivity contribution in [3.8, 4) is 11.1 Å². The van der Waals surface area contributed by atoms with E-state index in [1.165, 1.54) is 16.7 Å². The number of aromatic nitrogens is 2. The second-order valence-electron chi connectivity index (χ2n) is 5.84. The zero-order valence-corrected chi connectivity index (χ0v) is 12.4. The van der Waals surface area contributed by atoms with Crippen molar-refractivity contribution >= 4 is 16.8 Å². The van der Waals surface area contributed by atoms with Gasteiger partial charge in [-0.05, 0) is 22.8 Å². The van der Waals surface area contributed by atoms with Crippen LogP contribution in [0.2, 0.25) is 0 Å². The molecule has 1 amide bonds. The molecule has 2 aromatic carbocycles. The predicted octanol–water partition coefficient (Wildman–Crippen LogP) is 2.84. The molecule has 1 N–H and O–H groups in total. The zero-order chi connectivity index (χ0) is 15.1. The molecule has 0 bridgehead atoms. The Balaban J connectivity index is 1.80. The number of carbonyl (C=O) groups is 1. The van der Waals surface area contributed by atoms with E-state index in [0.29, 0.717) is 6.42 Å². The molecule has 0 saturated carbocycles. The van der Waals surface area contributed by atoms with Crippen LogP contribution >= 0.6 is 0 Å². The van der Waals surface area contributed by atoms with Gasteiger partial charge in [0, 0.05) is 31.3 Å². The number of nitrogens with zero attached hydrogens (tertiary/aromatic N) is 2. The van der Waals surface area contributed by atoms with Crippen molar-refractivity contribution in [2.75, 3.05) is 6.54 Å². The van der Waals surface area contributed by atoms with Crippen molar-refractivity contribution in [1.82, 2.24) is 15.1 Å². The van der Waals surface area contributed by atoms with Crippen molar-refractivity contribution in [1.29, 1.82) is 0 Å². The lowest BCUT2D eigenvalue weighted by atomic mass is 9.93. The molecule has 0 unspecified atom stereocenters. The summed E-state index contributed by atoms with van der Waals surface area (Å²) in [6, 6.07) is 14.8. The van der Waals surface area contributed by atoms with Crippen molar-refractivity contribution in [2.45, 2.75) is 12.3 Å². The second kappa shape index (κ2) is 4.98. The van der Waals surface area contributed by atoms with Gasteiger partial charge in [-0.2, -0.15) is 5.10 Å². The number of carbonyl (C=O) groups excluding carboxylic acids is 1. The Morgan fingerprint density at radius 1 is 1.23 bits per heavy atom. The van der Waals surface area contributed by atoms with Gasteiger partial charge < -0.3 is 5.32 Å². The molecule has 22 heavy (non-hydrogen) atoms. The molecule has 110 valence electrons. The van der Waals surface area contributed by atoms with Crippen molar-refractivity contribution in [2.24, 2.45) is 7.05 Å². The predicted molar refractivity (Wildman–Crippen MR) is 86.5 cm³/mol. The van der Waals surface area contributed by atoms with Crippen LogP contribution in [-0.4, -0.2) is 22.2 Å². The number of rotatable bonds is 2. The Labute approximate surface area is 128 Å². The summed E-state index contributed by atoms with van der Waals surface area (Å²) in [4.78, 5) is 11.4. The van der Waals surface area contributed by atoms with Gasteiger partial charge in [0.05, 0.1) is 11.7 Å². The molecule has 1 aliphatic heterocycles. The normalized spacial score (nSPS) is 17.9. The van der Waals surface area contributed by atoms with Crippen LogP contribution < -0.4 is 5.32 Å². The lowest BCUT2D eigenvalue weighted by Gasteiger charge is -2.11. The molecule has 1 atom stereocenters. The highest BCUT2D eigenvalue weighted by atomic mass is 16.1. The van der Waals surface area contributed by atoms with E-state index in [4.69, 9.17) is 0 Å². The van der Waals surface area contributed by atoms with E-state index in [-0.39, 0.29) is 11.8 Å². The lowest BCUT2D eigenvalue weighted by Crippen LogP contribution is -2.13. The lowest BCUT2D eigenvalue weighted by molar-refractivity contribution is -0.119. The summed E-state index contributed by atoms with van der Waals surface area (Å²) in [5.74, 6) is 0.422. The molecule has 2 heterocycles. The largest absolute Gasteiger partial charge is 0.355 e. The highest BCUT2D eigenvalue weighted by molar-refractivity contribution is 5.94. The molecule has 0 spiro atoms. The third kappa shape index (κ3) is 2.08. The molecule has 1 saturated heterocycles. The van der Waals surface area contributed by atoms with E-state index in [1.807, 2.05) is 17.9 Å². The maximum Gasteiger partial charge on any atom is 0.220 e. The maximum absolute atomic E-state index is 11.4. The zero-order valence-electron chi connectivity index (χ0n) is 12.4. The van der Waals surface area contributed by atoms with E-state index >= 15 is 0 Å². The van der Waals surface area contributed by atoms with Gasteiger partial charge in [0.25, 0.3) is 0 Å². The van der Waals surface area contributed by atoms with Gasteiger partial charge in [0.1, 0.15) is 0 Å². The average molecular weight is 291 g/mol. The summed E-state index contributed by atoms with van der Waals surface area (Å²) < 4.78 is 1.89. The topological polar surface area (TPSA) is 46.9 Å². The fourth-order valence-electron chi connectivity index (χ4n) is 3.23. The minimum absolute atomic E-state index is 0.143. The van der Waals surface area contributed by atoms with Crippen LogP contribution in [0, 0.1) is 0 Å². The fraction of sp³-hybridized carbons (Fsp3) is 0.222. The first-order valence-corrected chi connectivity index (χ1v) is 7.50. The summed E-state index contributed by atoms with van der Waals surface area (Å²) in [7, 11) is 1.96. The SMILES string of the molecule is Cn1ncc2c(-c3cccc([C@@H]4CNC(=O)C4)c3)cccc21. The number of nitrogens with one attached hydrogen (secondary N) is 1. The maximum atomic E-state index is 11.4. The Bertz CT molecular complexity index is 866. The van der Waals surface area contributed by atoms with Gasteiger partial charge in [-0.3, -0.25) is 9.48 Å². The minimum atomic E-state index is 0.143. The first-order valence-electron chi connectivity index (χ1n) is 7.50. The van der Waals surface area contributed by atoms with E-state index in [1.54, 1.807) is 0 Å². The monoisotopic (exact) mass is 291 g/mol. The molecule has 1 aliphatic rings. The molecule has 4 nitrogen and oxygen atoms in total. The number of amides is 1. The number of hydrogen-bond donors (Lipinski definition) is 1. The quantitative estimate of drug-likeness (QED) is 0.789. The minimum Gasteiger partial charge on any atom is -0.355 e. The standard InChI is InChI=1S/C18H17N3O/c1-21-17-7-3-6-15(16(17)11-20-21)13-5-2-4-12(8-13)14-9-18(22)19-10-14/h2-8,11,14H,9-10H2,1H3,(H,19,22)/t14-/m0/s1. The van der Waals surface area contributed by atoms with Crippen molar-refractivity contribution < 1.29 is 4.79 Å². The average Bonchev–Trinajstić information content (AvgIpc) is 3.14. The molecule has 1 fully saturated rings. The number of aryl methyl sites for hydroxylation is 1. The van der Waals surface area contributed by atoms with Gasteiger partial charge >= 0.3 is 0 Å². The Hall–Kier alpha value is -2.62. The number of hydrogen-bond acceptors (Lipinski definition) is 2. The molecule has 1 aromatic heterocycles. The fourth-order valence-corrected chi connectivity index (χ4v) is 3.23. The molecule has 0 radical (unpaired) electrons. The van der Waals surface area contributed by atoms with Gasteiger partial charge in [-0.15, -0.1) is 0 Å². The summed E-state index contributed by atoms with van der Waals surface area (Å²) in [5, 5.41) is 8.42. The van der Waals surface area contributed by atoms with E-state index in [9.17, 15) is 4.79 Å². The highest BCUT2D eigenvalue weighted by Gasteiger charge is 2.23. The van der Waals surface area contributed by atoms with Crippen LogP contribution in [0.1, 0.15) is 17.9 Å². The molecule has 3 aromatic rings. The molecular formula is C18H17N3O. The van der Waals surface area contributed by atoms with E-state index in [2.05, 4.69) is 52.9 Å². The van der Waals surface area contributed by atoms with Crippen molar-refractivity contribution in [3.63, 3.8) is 0 Å². The van der Waals surface area contributed by atoms with Crippen LogP contribution in [0.3, 0.4) is 0 Å². The smallest absolute Gasteiger partial charge is 0.220 e. The highest BCUT2D eigenvalue weighted by Crippen LogP contribution is 2.31. The van der Waals surface area contributed by atoms with Gasteiger partial charge in [-0.25, -0.2) is 0 Å². The van der Waals surface area contributed by atoms with Crippen LogP contribution in [0.15, 0.2) is 48.7 Å². The van der Waals surface area contributed by atoms with Gasteiger partial charge in [-0.1, -0.05) is 36.4 Å². The number of fused-ring (bicyclic) bond motifs is 1. The molecule has 4 heteroatoms. The third-order valence-corrected chi connectivity index (χ3v) is 4.44. The molecular weight excluding hydrogens is 274 g/mol. The molecule has 4 rings (SSSR count). The first-order chi connectivity index (χ1) is 10.7. The van der Waals surface area contributed by atoms with Crippen LogP contribution in [0.5, 0.6) is 0 Å².